The molecule has 0 aromatic heterocycles. The minimum atomic E-state index is -0.269. The molecule has 4 heteroatoms. The number of hydrogen-bond donors (Lipinski definition) is 1. The number of nitrogens with one attached hydrogen (secondary N) is 1. The van der Waals surface area contributed by atoms with Crippen LogP contribution in [0.2, 0.25) is 0 Å². The lowest BCUT2D eigenvalue weighted by atomic mass is 10.0. The Bertz CT molecular complexity index is 614. The number of allylic oxidation sites excluding steroid dienone is 5. The molecular weight excluding hydrogens is 255 g/mol. The fraction of sp³-hybridized carbons (Fsp3) is 0.188. The quantitative estimate of drug-likeness (QED) is 0.850. The third-order valence-electron chi connectivity index (χ3n) is 3.57. The number of halogens is 1. The minimum absolute atomic E-state index is 0.0547. The van der Waals surface area contributed by atoms with Gasteiger partial charge in [0.15, 0.2) is 0 Å². The summed E-state index contributed by atoms with van der Waals surface area (Å²) >= 11 is 0. The number of rotatable bonds is 1. The number of hydrogen-bond acceptors (Lipinski definition) is 2. The van der Waals surface area contributed by atoms with Gasteiger partial charge in [-0.25, -0.2) is 9.40 Å². The molecule has 102 valence electrons. The van der Waals surface area contributed by atoms with Gasteiger partial charge < -0.3 is 0 Å². The lowest BCUT2D eigenvalue weighted by Gasteiger charge is -2.22. The summed E-state index contributed by atoms with van der Waals surface area (Å²) in [5.74, 6) is -0.324. The average Bonchev–Trinajstić information content (AvgIpc) is 3.08. The van der Waals surface area contributed by atoms with E-state index in [9.17, 15) is 9.18 Å². The van der Waals surface area contributed by atoms with Crippen LogP contribution in [0.1, 0.15) is 24.9 Å². The van der Waals surface area contributed by atoms with Crippen LogP contribution in [-0.2, 0) is 4.79 Å². The summed E-state index contributed by atoms with van der Waals surface area (Å²) in [4.78, 5) is 11.8. The van der Waals surface area contributed by atoms with Crippen LogP contribution >= 0.6 is 0 Å². The molecule has 1 amide bonds. The Kier molecular flexibility index (Phi) is 3.14. The maximum Gasteiger partial charge on any atom is 0.238 e. The first-order valence-corrected chi connectivity index (χ1v) is 6.55. The van der Waals surface area contributed by atoms with E-state index in [0.29, 0.717) is 6.42 Å². The second-order valence-corrected chi connectivity index (χ2v) is 4.92. The summed E-state index contributed by atoms with van der Waals surface area (Å²) in [5, 5.41) is 1.61. The number of hydrazine groups is 1. The number of amides is 1. The molecule has 20 heavy (non-hydrogen) atoms. The second kappa shape index (κ2) is 4.96. The predicted octanol–water partition coefficient (Wildman–Crippen LogP) is 3.00. The van der Waals surface area contributed by atoms with Crippen LogP contribution in [0.15, 0.2) is 59.8 Å². The van der Waals surface area contributed by atoms with Crippen LogP contribution in [0.4, 0.5) is 4.39 Å². The Morgan fingerprint density at radius 3 is 2.50 bits per heavy atom. The van der Waals surface area contributed by atoms with Crippen molar-refractivity contribution in [3.8, 4) is 0 Å². The van der Waals surface area contributed by atoms with Gasteiger partial charge in [0.1, 0.15) is 5.82 Å². The predicted molar refractivity (Wildman–Crippen MR) is 74.7 cm³/mol. The molecule has 1 aromatic carbocycles. The van der Waals surface area contributed by atoms with Crippen molar-refractivity contribution in [3.05, 3.63) is 71.2 Å². The molecule has 1 atom stereocenters. The van der Waals surface area contributed by atoms with Gasteiger partial charge in [-0.15, -0.1) is 0 Å². The Labute approximate surface area is 117 Å². The fourth-order valence-electron chi connectivity index (χ4n) is 2.56. The monoisotopic (exact) mass is 270 g/mol. The Hall–Kier alpha value is -2.36. The highest BCUT2D eigenvalue weighted by Gasteiger charge is 2.32. The molecule has 1 saturated heterocycles. The molecule has 0 saturated carbocycles. The van der Waals surface area contributed by atoms with Crippen LogP contribution in [0.3, 0.4) is 0 Å². The molecule has 2 aliphatic rings. The van der Waals surface area contributed by atoms with Gasteiger partial charge in [0.25, 0.3) is 0 Å². The van der Waals surface area contributed by atoms with Gasteiger partial charge in [0.2, 0.25) is 5.91 Å². The van der Waals surface area contributed by atoms with E-state index in [1.165, 1.54) is 19.1 Å². The minimum Gasteiger partial charge on any atom is -0.299 e. The zero-order chi connectivity index (χ0) is 14.1. The first kappa shape index (κ1) is 12.7. The van der Waals surface area contributed by atoms with Crippen molar-refractivity contribution in [2.24, 2.45) is 0 Å². The van der Waals surface area contributed by atoms with Gasteiger partial charge in [-0.2, -0.15) is 0 Å². The topological polar surface area (TPSA) is 32.3 Å². The zero-order valence-corrected chi connectivity index (χ0v) is 11.1. The highest BCUT2D eigenvalue weighted by molar-refractivity contribution is 5.74. The lowest BCUT2D eigenvalue weighted by Crippen LogP contribution is -2.36. The third kappa shape index (κ3) is 2.25. The van der Waals surface area contributed by atoms with Gasteiger partial charge in [0.05, 0.1) is 6.04 Å². The molecule has 1 aliphatic heterocycles. The van der Waals surface area contributed by atoms with Gasteiger partial charge in [-0.1, -0.05) is 36.4 Å². The van der Waals surface area contributed by atoms with Crippen molar-refractivity contribution >= 4 is 5.91 Å². The number of nitrogens with zero attached hydrogens (tertiary/aromatic N) is 1. The summed E-state index contributed by atoms with van der Waals surface area (Å²) in [6.45, 7) is 1.53. The van der Waals surface area contributed by atoms with E-state index in [1.54, 1.807) is 17.1 Å². The number of carbonyl (C=O) groups excluding carboxylic acids is 1. The van der Waals surface area contributed by atoms with Crippen molar-refractivity contribution in [1.29, 1.82) is 0 Å². The van der Waals surface area contributed by atoms with E-state index >= 15 is 0 Å². The van der Waals surface area contributed by atoms with Crippen molar-refractivity contribution in [2.45, 2.75) is 19.4 Å². The molecular formula is C16H15FN2O. The molecule has 0 bridgehead atoms. The van der Waals surface area contributed by atoms with Gasteiger partial charge in [-0.05, 0) is 23.3 Å². The average molecular weight is 270 g/mol. The van der Waals surface area contributed by atoms with Gasteiger partial charge in [0, 0.05) is 19.0 Å². The van der Waals surface area contributed by atoms with Crippen LogP contribution in [0.5, 0.6) is 0 Å². The zero-order valence-electron chi connectivity index (χ0n) is 11.1. The smallest absolute Gasteiger partial charge is 0.238 e. The van der Waals surface area contributed by atoms with Crippen molar-refractivity contribution in [2.75, 3.05) is 0 Å². The SMILES string of the molecule is CC(=O)N1NC(=C2C=CC=C2)CC1c1ccc(F)cc1. The maximum absolute atomic E-state index is 13.0. The molecule has 1 fully saturated rings. The molecule has 0 spiro atoms. The van der Waals surface area contributed by atoms with Crippen LogP contribution in [-0.4, -0.2) is 10.9 Å². The number of carbonyl (C=O) groups is 1. The third-order valence-corrected chi connectivity index (χ3v) is 3.57. The summed E-state index contributed by atoms with van der Waals surface area (Å²) in [7, 11) is 0. The van der Waals surface area contributed by atoms with Crippen LogP contribution in [0.25, 0.3) is 0 Å². The molecule has 1 heterocycles. The van der Waals surface area contributed by atoms with Gasteiger partial charge in [-0.3, -0.25) is 10.2 Å². The van der Waals surface area contributed by atoms with Crippen molar-refractivity contribution in [1.82, 2.24) is 10.4 Å². The second-order valence-electron chi connectivity index (χ2n) is 4.92. The first-order valence-electron chi connectivity index (χ1n) is 6.55. The van der Waals surface area contributed by atoms with E-state index in [1.807, 2.05) is 24.3 Å². The molecule has 1 N–H and O–H groups in total. The Balaban J connectivity index is 1.94. The van der Waals surface area contributed by atoms with E-state index in [-0.39, 0.29) is 17.8 Å². The maximum atomic E-state index is 13.0. The summed E-state index contributed by atoms with van der Waals surface area (Å²) < 4.78 is 13.0. The lowest BCUT2D eigenvalue weighted by molar-refractivity contribution is -0.132. The molecule has 1 aromatic rings. The van der Waals surface area contributed by atoms with Crippen molar-refractivity contribution in [3.63, 3.8) is 0 Å². The highest BCUT2D eigenvalue weighted by Crippen LogP contribution is 2.34. The van der Waals surface area contributed by atoms with E-state index in [0.717, 1.165) is 16.8 Å². The van der Waals surface area contributed by atoms with E-state index in [2.05, 4.69) is 5.43 Å². The standard InChI is InChI=1S/C16H15FN2O/c1-11(20)19-16(13-6-8-14(17)9-7-13)10-15(18-19)12-4-2-3-5-12/h2-9,16,18H,10H2,1H3. The summed E-state index contributed by atoms with van der Waals surface area (Å²) in [5.41, 5.74) is 6.19. The molecule has 1 unspecified atom stereocenters. The van der Waals surface area contributed by atoms with Gasteiger partial charge >= 0.3 is 0 Å². The summed E-state index contributed by atoms with van der Waals surface area (Å²) in [6.07, 6.45) is 8.65. The number of benzene rings is 1. The molecule has 3 rings (SSSR count). The van der Waals surface area contributed by atoms with Crippen LogP contribution in [0, 0.1) is 5.82 Å². The fourth-order valence-corrected chi connectivity index (χ4v) is 2.56. The first-order chi connectivity index (χ1) is 9.65. The Morgan fingerprint density at radius 2 is 1.90 bits per heavy atom. The molecule has 0 radical (unpaired) electrons. The van der Waals surface area contributed by atoms with E-state index < -0.39 is 0 Å². The largest absolute Gasteiger partial charge is 0.299 e. The molecule has 1 aliphatic carbocycles. The highest BCUT2D eigenvalue weighted by atomic mass is 19.1. The van der Waals surface area contributed by atoms with E-state index in [4.69, 9.17) is 0 Å². The van der Waals surface area contributed by atoms with Crippen molar-refractivity contribution < 1.29 is 9.18 Å². The Morgan fingerprint density at radius 1 is 1.25 bits per heavy atom. The normalized spacial score (nSPS) is 20.7. The summed E-state index contributed by atoms with van der Waals surface area (Å²) in [6, 6.07) is 6.21. The van der Waals surface area contributed by atoms with Crippen LogP contribution < -0.4 is 5.43 Å². The molecule has 3 nitrogen and oxygen atoms in total.